The first-order valence-corrected chi connectivity index (χ1v) is 8.24. The highest BCUT2D eigenvalue weighted by Crippen LogP contribution is 2.39. The Morgan fingerprint density at radius 3 is 3.14 bits per heavy atom. The van der Waals surface area contributed by atoms with Crippen LogP contribution in [0.1, 0.15) is 50.0 Å². The van der Waals surface area contributed by atoms with Crippen LogP contribution in [0.15, 0.2) is 33.7 Å². The van der Waals surface area contributed by atoms with Crippen LogP contribution < -0.4 is 10.5 Å². The van der Waals surface area contributed by atoms with Gasteiger partial charge in [-0.15, -0.1) is 11.8 Å². The Hall–Kier alpha value is -1.53. The van der Waals surface area contributed by atoms with Gasteiger partial charge < -0.3 is 15.0 Å². The van der Waals surface area contributed by atoms with E-state index in [4.69, 9.17) is 15.0 Å². The van der Waals surface area contributed by atoms with Crippen LogP contribution in [-0.4, -0.2) is 15.9 Å². The number of nitrogens with two attached hydrogens (primary N) is 1. The van der Waals surface area contributed by atoms with Gasteiger partial charge in [0.05, 0.1) is 6.04 Å². The zero-order valence-electron chi connectivity index (χ0n) is 12.0. The van der Waals surface area contributed by atoms with Crippen LogP contribution in [0.2, 0.25) is 0 Å². The van der Waals surface area contributed by atoms with Gasteiger partial charge in [-0.05, 0) is 18.6 Å². The normalized spacial score (nSPS) is 18.9. The average Bonchev–Trinajstić information content (AvgIpc) is 3.02. The van der Waals surface area contributed by atoms with Crippen molar-refractivity contribution in [1.29, 1.82) is 0 Å². The fraction of sp³-hybridized carbons (Fsp3) is 0.467. The number of para-hydroxylation sites is 1. The van der Waals surface area contributed by atoms with E-state index in [0.717, 1.165) is 35.7 Å². The Morgan fingerprint density at radius 2 is 2.29 bits per heavy atom. The molecule has 2 aromatic rings. The molecule has 0 saturated carbocycles. The second-order valence-electron chi connectivity index (χ2n) is 5.10. The number of thioether (sulfide) groups is 1. The molecular weight excluding hydrogens is 286 g/mol. The van der Waals surface area contributed by atoms with Gasteiger partial charge in [-0.25, -0.2) is 0 Å². The van der Waals surface area contributed by atoms with E-state index in [9.17, 15) is 0 Å². The average molecular weight is 305 g/mol. The van der Waals surface area contributed by atoms with Crippen molar-refractivity contribution < 1.29 is 9.26 Å². The van der Waals surface area contributed by atoms with Crippen molar-refractivity contribution in [2.75, 3.05) is 5.75 Å². The molecular formula is C15H19N3O2S. The lowest BCUT2D eigenvalue weighted by Crippen LogP contribution is -2.17. The summed E-state index contributed by atoms with van der Waals surface area (Å²) in [6.45, 7) is 2.14. The Bertz CT molecular complexity index is 602. The minimum atomic E-state index is -0.185. The van der Waals surface area contributed by atoms with E-state index in [0.29, 0.717) is 11.7 Å². The van der Waals surface area contributed by atoms with Crippen LogP contribution in [0.25, 0.3) is 0 Å². The topological polar surface area (TPSA) is 74.2 Å². The summed E-state index contributed by atoms with van der Waals surface area (Å²) in [5, 5.41) is 4.04. The molecule has 2 atom stereocenters. The lowest BCUT2D eigenvalue weighted by Gasteiger charge is -2.22. The first-order valence-electron chi connectivity index (χ1n) is 7.25. The minimum Gasteiger partial charge on any atom is -0.480 e. The quantitative estimate of drug-likeness (QED) is 0.911. The zero-order valence-corrected chi connectivity index (χ0v) is 12.8. The molecule has 5 nitrogen and oxygen atoms in total. The van der Waals surface area contributed by atoms with E-state index in [1.807, 2.05) is 18.2 Å². The summed E-state index contributed by atoms with van der Waals surface area (Å²) in [7, 11) is 0. The van der Waals surface area contributed by atoms with E-state index in [1.54, 1.807) is 11.8 Å². The molecule has 1 aliphatic heterocycles. The van der Waals surface area contributed by atoms with Gasteiger partial charge in [-0.2, -0.15) is 4.98 Å². The van der Waals surface area contributed by atoms with Crippen molar-refractivity contribution in [1.82, 2.24) is 10.1 Å². The summed E-state index contributed by atoms with van der Waals surface area (Å²) in [6, 6.07) is 7.80. The van der Waals surface area contributed by atoms with Gasteiger partial charge in [0.15, 0.2) is 6.10 Å². The van der Waals surface area contributed by atoms with Crippen molar-refractivity contribution in [2.45, 2.75) is 43.2 Å². The predicted molar refractivity (Wildman–Crippen MR) is 81.3 cm³/mol. The van der Waals surface area contributed by atoms with Crippen LogP contribution in [0.5, 0.6) is 5.75 Å². The van der Waals surface area contributed by atoms with Crippen LogP contribution in [0.3, 0.4) is 0 Å². The van der Waals surface area contributed by atoms with Crippen molar-refractivity contribution in [3.8, 4) is 5.75 Å². The minimum absolute atomic E-state index is 0.180. The molecule has 6 heteroatoms. The number of ether oxygens (including phenoxy) is 1. The van der Waals surface area contributed by atoms with Gasteiger partial charge >= 0.3 is 0 Å². The third kappa shape index (κ3) is 3.22. The van der Waals surface area contributed by atoms with Crippen molar-refractivity contribution in [3.63, 3.8) is 0 Å². The Labute approximate surface area is 128 Å². The van der Waals surface area contributed by atoms with Gasteiger partial charge in [0.2, 0.25) is 11.7 Å². The molecule has 1 aromatic carbocycles. The second-order valence-corrected chi connectivity index (χ2v) is 6.17. The number of benzene rings is 1. The molecule has 3 rings (SSSR count). The van der Waals surface area contributed by atoms with Gasteiger partial charge in [-0.3, -0.25) is 0 Å². The fourth-order valence-corrected chi connectivity index (χ4v) is 3.20. The first kappa shape index (κ1) is 14.4. The van der Waals surface area contributed by atoms with Gasteiger partial charge in [-0.1, -0.05) is 37.1 Å². The SMILES string of the molecule is CCCC[C@H](N)c1nc(C2CSc3ccccc3O2)no1. The molecule has 0 spiro atoms. The summed E-state index contributed by atoms with van der Waals surface area (Å²) in [4.78, 5) is 5.57. The van der Waals surface area contributed by atoms with Crippen LogP contribution >= 0.6 is 11.8 Å². The number of aromatic nitrogens is 2. The monoisotopic (exact) mass is 305 g/mol. The molecule has 0 saturated heterocycles. The highest BCUT2D eigenvalue weighted by molar-refractivity contribution is 7.99. The molecule has 1 unspecified atom stereocenters. The van der Waals surface area contributed by atoms with Crippen LogP contribution in [-0.2, 0) is 0 Å². The molecule has 21 heavy (non-hydrogen) atoms. The van der Waals surface area contributed by atoms with Gasteiger partial charge in [0.25, 0.3) is 0 Å². The zero-order chi connectivity index (χ0) is 14.7. The fourth-order valence-electron chi connectivity index (χ4n) is 2.22. The molecule has 2 heterocycles. The van der Waals surface area contributed by atoms with E-state index in [1.165, 1.54) is 0 Å². The molecule has 0 amide bonds. The molecule has 0 bridgehead atoms. The van der Waals surface area contributed by atoms with Crippen LogP contribution in [0.4, 0.5) is 0 Å². The van der Waals surface area contributed by atoms with Crippen molar-refractivity contribution >= 4 is 11.8 Å². The highest BCUT2D eigenvalue weighted by atomic mass is 32.2. The number of rotatable bonds is 5. The largest absolute Gasteiger partial charge is 0.480 e. The maximum Gasteiger partial charge on any atom is 0.243 e. The summed E-state index contributed by atoms with van der Waals surface area (Å²) in [5.41, 5.74) is 6.06. The summed E-state index contributed by atoms with van der Waals surface area (Å²) >= 11 is 1.75. The number of nitrogens with zero attached hydrogens (tertiary/aromatic N) is 2. The Morgan fingerprint density at radius 1 is 1.43 bits per heavy atom. The summed E-state index contributed by atoms with van der Waals surface area (Å²) in [5.74, 6) is 2.74. The highest BCUT2D eigenvalue weighted by Gasteiger charge is 2.27. The molecule has 2 N–H and O–H groups in total. The first-order chi connectivity index (χ1) is 10.3. The summed E-state index contributed by atoms with van der Waals surface area (Å²) < 4.78 is 11.2. The maximum atomic E-state index is 6.06. The van der Waals surface area contributed by atoms with Gasteiger partial charge in [0, 0.05) is 10.6 Å². The van der Waals surface area contributed by atoms with Crippen molar-refractivity contribution in [2.24, 2.45) is 5.73 Å². The molecule has 0 fully saturated rings. The Kier molecular flexibility index (Phi) is 4.45. The van der Waals surface area contributed by atoms with Crippen molar-refractivity contribution in [3.05, 3.63) is 36.0 Å². The number of hydrogen-bond donors (Lipinski definition) is 1. The molecule has 1 aliphatic rings. The molecule has 0 radical (unpaired) electrons. The Balaban J connectivity index is 1.70. The lowest BCUT2D eigenvalue weighted by atomic mass is 10.1. The van der Waals surface area contributed by atoms with E-state index < -0.39 is 0 Å². The third-order valence-electron chi connectivity index (χ3n) is 3.44. The smallest absolute Gasteiger partial charge is 0.243 e. The van der Waals surface area contributed by atoms with Gasteiger partial charge in [0.1, 0.15) is 5.75 Å². The third-order valence-corrected chi connectivity index (χ3v) is 4.56. The van der Waals surface area contributed by atoms with E-state index in [-0.39, 0.29) is 12.1 Å². The second kappa shape index (κ2) is 6.49. The molecule has 0 aliphatic carbocycles. The summed E-state index contributed by atoms with van der Waals surface area (Å²) in [6.07, 6.45) is 2.85. The standard InChI is InChI=1S/C15H19N3O2S/c1-2-3-6-10(16)15-17-14(18-20-15)12-9-21-13-8-5-4-7-11(13)19-12/h4-5,7-8,10,12H,2-3,6,9,16H2,1H3/t10-,12?/m0/s1. The molecule has 1 aromatic heterocycles. The molecule has 112 valence electrons. The predicted octanol–water partition coefficient (Wildman–Crippen LogP) is 3.49. The maximum absolute atomic E-state index is 6.06. The lowest BCUT2D eigenvalue weighted by molar-refractivity contribution is 0.205. The van der Waals surface area contributed by atoms with Crippen LogP contribution in [0, 0.1) is 0 Å². The number of unbranched alkanes of at least 4 members (excludes halogenated alkanes) is 1. The number of hydrogen-bond acceptors (Lipinski definition) is 6. The van der Waals surface area contributed by atoms with E-state index in [2.05, 4.69) is 23.1 Å². The van der Waals surface area contributed by atoms with E-state index >= 15 is 0 Å². The number of fused-ring (bicyclic) bond motifs is 1.